The zero-order chi connectivity index (χ0) is 18.1. The van der Waals surface area contributed by atoms with E-state index in [0.29, 0.717) is 26.2 Å². The number of aryl methyl sites for hydroxylation is 1. The van der Waals surface area contributed by atoms with Crippen LogP contribution in [0.3, 0.4) is 0 Å². The van der Waals surface area contributed by atoms with E-state index in [1.54, 1.807) is 34.4 Å². The highest BCUT2D eigenvalue weighted by Crippen LogP contribution is 2.30. The van der Waals surface area contributed by atoms with Crippen LogP contribution in [0.4, 0.5) is 9.52 Å². The second kappa shape index (κ2) is 7.03. The molecule has 1 saturated heterocycles. The highest BCUT2D eigenvalue weighted by molar-refractivity contribution is 7.22. The SMILES string of the molecule is CCc1ccc2nc(N3CCN(C(=O)c4ccccc4F)CC3)sc2c1. The quantitative estimate of drug-likeness (QED) is 0.701. The van der Waals surface area contributed by atoms with Crippen LogP contribution in [-0.4, -0.2) is 42.0 Å². The van der Waals surface area contributed by atoms with Crippen molar-refractivity contribution in [3.8, 4) is 0 Å². The minimum atomic E-state index is -0.460. The molecule has 0 aliphatic carbocycles. The first kappa shape index (κ1) is 17.0. The lowest BCUT2D eigenvalue weighted by molar-refractivity contribution is 0.0742. The summed E-state index contributed by atoms with van der Waals surface area (Å²) in [5, 5.41) is 0.992. The van der Waals surface area contributed by atoms with E-state index in [1.165, 1.54) is 16.3 Å². The average molecular weight is 369 g/mol. The van der Waals surface area contributed by atoms with Crippen LogP contribution in [0.25, 0.3) is 10.2 Å². The maximum absolute atomic E-state index is 13.9. The predicted octanol–water partition coefficient (Wildman–Crippen LogP) is 3.96. The second-order valence-electron chi connectivity index (χ2n) is 6.41. The van der Waals surface area contributed by atoms with Crippen LogP contribution in [0.15, 0.2) is 42.5 Å². The van der Waals surface area contributed by atoms with Gasteiger partial charge in [0.1, 0.15) is 5.82 Å². The molecular formula is C20H20FN3OS. The van der Waals surface area contributed by atoms with Crippen LogP contribution in [-0.2, 0) is 6.42 Å². The maximum Gasteiger partial charge on any atom is 0.256 e. The Hall–Kier alpha value is -2.47. The third-order valence-electron chi connectivity index (χ3n) is 4.79. The van der Waals surface area contributed by atoms with Crippen LogP contribution >= 0.6 is 11.3 Å². The zero-order valence-corrected chi connectivity index (χ0v) is 15.4. The molecule has 0 N–H and O–H groups in total. The second-order valence-corrected chi connectivity index (χ2v) is 7.42. The summed E-state index contributed by atoms with van der Waals surface area (Å²) >= 11 is 1.69. The number of thiazole rings is 1. The number of carbonyl (C=O) groups is 1. The van der Waals surface area contributed by atoms with Crippen LogP contribution < -0.4 is 4.90 Å². The maximum atomic E-state index is 13.9. The van der Waals surface area contributed by atoms with E-state index >= 15 is 0 Å². The van der Waals surface area contributed by atoms with Crippen molar-refractivity contribution in [1.29, 1.82) is 0 Å². The van der Waals surface area contributed by atoms with Crippen LogP contribution in [0.5, 0.6) is 0 Å². The number of hydrogen-bond donors (Lipinski definition) is 0. The van der Waals surface area contributed by atoms with Gasteiger partial charge in [-0.1, -0.05) is 36.5 Å². The Morgan fingerprint density at radius 3 is 2.65 bits per heavy atom. The van der Waals surface area contributed by atoms with Crippen LogP contribution in [0.2, 0.25) is 0 Å². The number of hydrogen-bond acceptors (Lipinski definition) is 4. The standard InChI is InChI=1S/C20H20FN3OS/c1-2-14-7-8-17-18(13-14)26-20(22-17)24-11-9-23(10-12-24)19(25)15-5-3-4-6-16(15)21/h3-8,13H,2,9-12H2,1H3. The fourth-order valence-corrected chi connectivity index (χ4v) is 4.30. The number of aromatic nitrogens is 1. The van der Waals surface area contributed by atoms with Crippen molar-refractivity contribution < 1.29 is 9.18 Å². The van der Waals surface area contributed by atoms with Crippen LogP contribution in [0.1, 0.15) is 22.8 Å². The Labute approximate surface area is 155 Å². The van der Waals surface area contributed by atoms with Crippen molar-refractivity contribution >= 4 is 32.6 Å². The minimum Gasteiger partial charge on any atom is -0.345 e. The zero-order valence-electron chi connectivity index (χ0n) is 14.6. The van der Waals surface area contributed by atoms with Gasteiger partial charge in [0.15, 0.2) is 5.13 Å². The number of rotatable bonds is 3. The Bertz CT molecular complexity index is 947. The molecule has 0 atom stereocenters. The smallest absolute Gasteiger partial charge is 0.256 e. The molecule has 3 aromatic rings. The van der Waals surface area contributed by atoms with Gasteiger partial charge in [-0.3, -0.25) is 4.79 Å². The van der Waals surface area contributed by atoms with E-state index in [1.807, 2.05) is 0 Å². The fraction of sp³-hybridized carbons (Fsp3) is 0.300. The molecule has 4 nitrogen and oxygen atoms in total. The van der Waals surface area contributed by atoms with Gasteiger partial charge in [-0.05, 0) is 36.2 Å². The lowest BCUT2D eigenvalue weighted by atomic mass is 10.1. The van der Waals surface area contributed by atoms with Crippen molar-refractivity contribution in [1.82, 2.24) is 9.88 Å². The lowest BCUT2D eigenvalue weighted by Gasteiger charge is -2.34. The number of fused-ring (bicyclic) bond motifs is 1. The number of amides is 1. The van der Waals surface area contributed by atoms with Gasteiger partial charge in [0.2, 0.25) is 0 Å². The van der Waals surface area contributed by atoms with Gasteiger partial charge in [0.05, 0.1) is 15.8 Å². The van der Waals surface area contributed by atoms with E-state index in [9.17, 15) is 9.18 Å². The van der Waals surface area contributed by atoms with Gasteiger partial charge < -0.3 is 9.80 Å². The Morgan fingerprint density at radius 2 is 1.92 bits per heavy atom. The van der Waals surface area contributed by atoms with Gasteiger partial charge in [0, 0.05) is 26.2 Å². The van der Waals surface area contributed by atoms with Crippen molar-refractivity contribution in [3.63, 3.8) is 0 Å². The Morgan fingerprint density at radius 1 is 1.15 bits per heavy atom. The van der Waals surface area contributed by atoms with Gasteiger partial charge in [-0.15, -0.1) is 0 Å². The highest BCUT2D eigenvalue weighted by atomic mass is 32.1. The molecule has 0 radical (unpaired) electrons. The van der Waals surface area contributed by atoms with Gasteiger partial charge in [-0.25, -0.2) is 9.37 Å². The molecule has 1 aliphatic heterocycles. The fourth-order valence-electron chi connectivity index (χ4n) is 3.22. The molecular weight excluding hydrogens is 349 g/mol. The van der Waals surface area contributed by atoms with Crippen molar-refractivity contribution in [2.24, 2.45) is 0 Å². The first-order chi connectivity index (χ1) is 12.7. The number of carbonyl (C=O) groups excluding carboxylic acids is 1. The molecule has 2 aromatic carbocycles. The van der Waals surface area contributed by atoms with Crippen molar-refractivity contribution in [3.05, 3.63) is 59.4 Å². The Kier molecular flexibility index (Phi) is 4.59. The van der Waals surface area contributed by atoms with E-state index < -0.39 is 5.82 Å². The van der Waals surface area contributed by atoms with Gasteiger partial charge >= 0.3 is 0 Å². The summed E-state index contributed by atoms with van der Waals surface area (Å²) in [4.78, 5) is 21.2. The lowest BCUT2D eigenvalue weighted by Crippen LogP contribution is -2.49. The van der Waals surface area contributed by atoms with Gasteiger partial charge in [0.25, 0.3) is 5.91 Å². The molecule has 4 rings (SSSR count). The molecule has 2 heterocycles. The monoisotopic (exact) mass is 369 g/mol. The number of nitrogens with zero attached hydrogens (tertiary/aromatic N) is 3. The van der Waals surface area contributed by atoms with E-state index in [0.717, 1.165) is 17.1 Å². The first-order valence-corrected chi connectivity index (χ1v) is 9.65. The third kappa shape index (κ3) is 3.17. The van der Waals surface area contributed by atoms with Crippen molar-refractivity contribution in [2.45, 2.75) is 13.3 Å². The third-order valence-corrected chi connectivity index (χ3v) is 5.87. The topological polar surface area (TPSA) is 36.4 Å². The molecule has 1 aliphatic rings. The van der Waals surface area contributed by atoms with E-state index in [2.05, 4.69) is 30.0 Å². The highest BCUT2D eigenvalue weighted by Gasteiger charge is 2.25. The van der Waals surface area contributed by atoms with Crippen LogP contribution in [0, 0.1) is 5.82 Å². The van der Waals surface area contributed by atoms with Gasteiger partial charge in [-0.2, -0.15) is 0 Å². The largest absolute Gasteiger partial charge is 0.345 e. The number of benzene rings is 2. The van der Waals surface area contributed by atoms with Crippen molar-refractivity contribution in [2.75, 3.05) is 31.1 Å². The van der Waals surface area contributed by atoms with E-state index in [4.69, 9.17) is 4.98 Å². The molecule has 6 heteroatoms. The molecule has 26 heavy (non-hydrogen) atoms. The minimum absolute atomic E-state index is 0.146. The summed E-state index contributed by atoms with van der Waals surface area (Å²) in [5.74, 6) is -0.697. The summed E-state index contributed by atoms with van der Waals surface area (Å²) in [6.07, 6.45) is 1.01. The molecule has 0 unspecified atom stereocenters. The average Bonchev–Trinajstić information content (AvgIpc) is 3.11. The first-order valence-electron chi connectivity index (χ1n) is 8.84. The summed E-state index contributed by atoms with van der Waals surface area (Å²) in [7, 11) is 0. The normalized spacial score (nSPS) is 14.8. The van der Waals surface area contributed by atoms with E-state index in [-0.39, 0.29) is 11.5 Å². The summed E-state index contributed by atoms with van der Waals surface area (Å²) < 4.78 is 15.0. The Balaban J connectivity index is 1.46. The molecule has 1 fully saturated rings. The summed E-state index contributed by atoms with van der Waals surface area (Å²) in [6.45, 7) is 4.71. The molecule has 1 aromatic heterocycles. The molecule has 134 valence electrons. The predicted molar refractivity (Wildman–Crippen MR) is 104 cm³/mol. The molecule has 0 spiro atoms. The summed E-state index contributed by atoms with van der Waals surface area (Å²) in [6, 6.07) is 12.6. The number of anilines is 1. The summed E-state index contributed by atoms with van der Waals surface area (Å²) in [5.41, 5.74) is 2.48. The molecule has 0 saturated carbocycles. The number of piperazine rings is 1. The molecule has 0 bridgehead atoms. The molecule has 1 amide bonds. The number of halogens is 1.